The molecule has 5 heteroatoms. The Hall–Kier alpha value is -2.82. The summed E-state index contributed by atoms with van der Waals surface area (Å²) in [5, 5.41) is 0. The van der Waals surface area contributed by atoms with E-state index in [1.54, 1.807) is 0 Å². The van der Waals surface area contributed by atoms with Crippen LogP contribution >= 0.6 is 0 Å². The number of hydrogen-bond acceptors (Lipinski definition) is 3. The van der Waals surface area contributed by atoms with Gasteiger partial charge in [0.25, 0.3) is 5.91 Å². The van der Waals surface area contributed by atoms with Crippen molar-refractivity contribution < 1.29 is 4.79 Å². The molecule has 0 atom stereocenters. The first-order valence-electron chi connectivity index (χ1n) is 8.66. The van der Waals surface area contributed by atoms with Gasteiger partial charge >= 0.3 is 0 Å². The van der Waals surface area contributed by atoms with Crippen molar-refractivity contribution in [1.82, 2.24) is 14.5 Å². The molecule has 0 unspecified atom stereocenters. The van der Waals surface area contributed by atoms with Crippen molar-refractivity contribution in [3.05, 3.63) is 59.7 Å². The summed E-state index contributed by atoms with van der Waals surface area (Å²) in [6.45, 7) is 5.03. The predicted octanol–water partition coefficient (Wildman–Crippen LogP) is 2.84. The number of rotatable bonds is 2. The first-order chi connectivity index (χ1) is 12.1. The van der Waals surface area contributed by atoms with Crippen molar-refractivity contribution in [3.63, 3.8) is 0 Å². The van der Waals surface area contributed by atoms with Crippen molar-refractivity contribution in [2.45, 2.75) is 6.92 Å². The summed E-state index contributed by atoms with van der Waals surface area (Å²) in [5.74, 6) is 1.10. The summed E-state index contributed by atoms with van der Waals surface area (Å²) in [7, 11) is 2.05. The highest BCUT2D eigenvalue weighted by Crippen LogP contribution is 2.22. The summed E-state index contributed by atoms with van der Waals surface area (Å²) >= 11 is 0. The van der Waals surface area contributed by atoms with Gasteiger partial charge in [0, 0.05) is 38.8 Å². The summed E-state index contributed by atoms with van der Waals surface area (Å²) < 4.78 is 2.13. The van der Waals surface area contributed by atoms with Crippen LogP contribution in [-0.4, -0.2) is 46.5 Å². The third-order valence-electron chi connectivity index (χ3n) is 4.99. The lowest BCUT2D eigenvalue weighted by Crippen LogP contribution is -2.49. The number of aryl methyl sites for hydroxylation is 2. The number of nitrogens with zero attached hydrogens (tertiary/aromatic N) is 4. The average Bonchev–Trinajstić information content (AvgIpc) is 2.99. The van der Waals surface area contributed by atoms with Gasteiger partial charge in [0.15, 0.2) is 0 Å². The Labute approximate surface area is 147 Å². The molecule has 1 aromatic heterocycles. The zero-order valence-electron chi connectivity index (χ0n) is 14.6. The van der Waals surface area contributed by atoms with Crippen LogP contribution in [-0.2, 0) is 7.05 Å². The maximum Gasteiger partial charge on any atom is 0.254 e. The van der Waals surface area contributed by atoms with Crippen LogP contribution in [0.25, 0.3) is 11.0 Å². The van der Waals surface area contributed by atoms with Crippen molar-refractivity contribution >= 4 is 22.9 Å². The maximum absolute atomic E-state index is 12.8. The second kappa shape index (κ2) is 6.24. The van der Waals surface area contributed by atoms with Gasteiger partial charge in [-0.3, -0.25) is 4.79 Å². The number of aromatic nitrogens is 2. The topological polar surface area (TPSA) is 41.4 Å². The Morgan fingerprint density at radius 2 is 1.64 bits per heavy atom. The van der Waals surface area contributed by atoms with Gasteiger partial charge in [-0.2, -0.15) is 0 Å². The molecule has 1 fully saturated rings. The molecular weight excluding hydrogens is 312 g/mol. The van der Waals surface area contributed by atoms with Crippen LogP contribution in [0.15, 0.2) is 48.5 Å². The van der Waals surface area contributed by atoms with Crippen LogP contribution < -0.4 is 4.90 Å². The van der Waals surface area contributed by atoms with E-state index in [1.165, 1.54) is 0 Å². The first kappa shape index (κ1) is 15.7. The lowest BCUT2D eigenvalue weighted by atomic mass is 10.1. The molecule has 0 bridgehead atoms. The molecule has 1 aliphatic rings. The summed E-state index contributed by atoms with van der Waals surface area (Å²) in [6.07, 6.45) is 0. The summed E-state index contributed by atoms with van der Waals surface area (Å²) in [6, 6.07) is 16.0. The van der Waals surface area contributed by atoms with Gasteiger partial charge in [-0.05, 0) is 30.7 Å². The van der Waals surface area contributed by atoms with E-state index in [2.05, 4.69) is 22.6 Å². The zero-order valence-corrected chi connectivity index (χ0v) is 14.6. The normalized spacial score (nSPS) is 15.0. The van der Waals surface area contributed by atoms with E-state index >= 15 is 0 Å². The second-order valence-electron chi connectivity index (χ2n) is 6.55. The molecule has 1 aliphatic heterocycles. The molecule has 1 amide bonds. The van der Waals surface area contributed by atoms with E-state index in [0.29, 0.717) is 0 Å². The molecule has 2 heterocycles. The molecule has 1 saturated heterocycles. The van der Waals surface area contributed by atoms with Gasteiger partial charge in [-0.15, -0.1) is 0 Å². The molecule has 5 nitrogen and oxygen atoms in total. The molecule has 0 N–H and O–H groups in total. The second-order valence-corrected chi connectivity index (χ2v) is 6.55. The number of anilines is 1. The smallest absolute Gasteiger partial charge is 0.254 e. The highest BCUT2D eigenvalue weighted by Gasteiger charge is 2.25. The lowest BCUT2D eigenvalue weighted by Gasteiger charge is -2.35. The largest absolute Gasteiger partial charge is 0.339 e. The number of amides is 1. The molecule has 2 aromatic carbocycles. The van der Waals surface area contributed by atoms with Gasteiger partial charge in [0.1, 0.15) is 0 Å². The van der Waals surface area contributed by atoms with Crippen LogP contribution in [0.4, 0.5) is 5.95 Å². The lowest BCUT2D eigenvalue weighted by molar-refractivity contribution is 0.0745. The molecule has 3 aromatic rings. The predicted molar refractivity (Wildman–Crippen MR) is 100 cm³/mol. The van der Waals surface area contributed by atoms with E-state index in [0.717, 1.165) is 54.3 Å². The van der Waals surface area contributed by atoms with Gasteiger partial charge < -0.3 is 14.4 Å². The van der Waals surface area contributed by atoms with E-state index < -0.39 is 0 Å². The quantitative estimate of drug-likeness (QED) is 0.724. The minimum absolute atomic E-state index is 0.128. The fourth-order valence-corrected chi connectivity index (χ4v) is 3.51. The van der Waals surface area contributed by atoms with Gasteiger partial charge in [-0.1, -0.05) is 30.3 Å². The Kier molecular flexibility index (Phi) is 3.92. The number of carbonyl (C=O) groups is 1. The molecule has 4 rings (SSSR count). The molecule has 0 radical (unpaired) electrons. The fraction of sp³-hybridized carbons (Fsp3) is 0.300. The third kappa shape index (κ3) is 2.76. The summed E-state index contributed by atoms with van der Waals surface area (Å²) in [4.78, 5) is 21.7. The number of carbonyl (C=O) groups excluding carboxylic acids is 1. The molecular formula is C20H22N4O. The van der Waals surface area contributed by atoms with E-state index in [1.807, 2.05) is 54.3 Å². The van der Waals surface area contributed by atoms with Gasteiger partial charge in [-0.25, -0.2) is 4.98 Å². The Balaban J connectivity index is 1.50. The van der Waals surface area contributed by atoms with Crippen LogP contribution in [0.3, 0.4) is 0 Å². The van der Waals surface area contributed by atoms with E-state index in [4.69, 9.17) is 4.98 Å². The zero-order chi connectivity index (χ0) is 17.4. The van der Waals surface area contributed by atoms with Crippen molar-refractivity contribution in [2.24, 2.45) is 7.05 Å². The Morgan fingerprint density at radius 1 is 0.960 bits per heavy atom. The molecule has 25 heavy (non-hydrogen) atoms. The fourth-order valence-electron chi connectivity index (χ4n) is 3.51. The minimum atomic E-state index is 0.128. The SMILES string of the molecule is Cc1ccccc1C(=O)N1CCN(c2nc3ccccc3n2C)CC1. The minimum Gasteiger partial charge on any atom is -0.339 e. The molecule has 0 spiro atoms. The van der Waals surface area contributed by atoms with Crippen LogP contribution in [0.2, 0.25) is 0 Å². The number of imidazole rings is 1. The molecule has 0 saturated carbocycles. The molecule has 128 valence electrons. The maximum atomic E-state index is 12.8. The van der Waals surface area contributed by atoms with Crippen LogP contribution in [0.5, 0.6) is 0 Å². The average molecular weight is 334 g/mol. The molecule has 0 aliphatic carbocycles. The highest BCUT2D eigenvalue weighted by molar-refractivity contribution is 5.95. The standard InChI is InChI=1S/C20H22N4O/c1-15-7-3-4-8-16(15)19(25)23-11-13-24(14-12-23)20-21-17-9-5-6-10-18(17)22(20)2/h3-10H,11-14H2,1-2H3. The van der Waals surface area contributed by atoms with Gasteiger partial charge in [0.2, 0.25) is 5.95 Å². The monoisotopic (exact) mass is 334 g/mol. The van der Waals surface area contributed by atoms with Crippen molar-refractivity contribution in [3.8, 4) is 0 Å². The number of piperazine rings is 1. The number of para-hydroxylation sites is 2. The van der Waals surface area contributed by atoms with Crippen molar-refractivity contribution in [1.29, 1.82) is 0 Å². The van der Waals surface area contributed by atoms with Crippen LogP contribution in [0.1, 0.15) is 15.9 Å². The number of benzene rings is 2. The number of fused-ring (bicyclic) bond motifs is 1. The number of hydrogen-bond donors (Lipinski definition) is 0. The third-order valence-corrected chi connectivity index (χ3v) is 4.99. The van der Waals surface area contributed by atoms with Gasteiger partial charge in [0.05, 0.1) is 11.0 Å². The summed E-state index contributed by atoms with van der Waals surface area (Å²) in [5.41, 5.74) is 3.98. The highest BCUT2D eigenvalue weighted by atomic mass is 16.2. The first-order valence-corrected chi connectivity index (χ1v) is 8.66. The van der Waals surface area contributed by atoms with Crippen molar-refractivity contribution in [2.75, 3.05) is 31.1 Å². The van der Waals surface area contributed by atoms with E-state index in [9.17, 15) is 4.79 Å². The Morgan fingerprint density at radius 3 is 2.36 bits per heavy atom. The Bertz CT molecular complexity index is 922. The van der Waals surface area contributed by atoms with E-state index in [-0.39, 0.29) is 5.91 Å². The van der Waals surface area contributed by atoms with Crippen LogP contribution in [0, 0.1) is 6.92 Å².